The summed E-state index contributed by atoms with van der Waals surface area (Å²) in [5, 5.41) is 3.75. The van der Waals surface area contributed by atoms with Crippen LogP contribution in [0.2, 0.25) is 0 Å². The molecule has 106 valence electrons. The van der Waals surface area contributed by atoms with Gasteiger partial charge in [0.1, 0.15) is 5.75 Å². The fourth-order valence-electron chi connectivity index (χ4n) is 2.12. The number of rotatable bonds is 4. The van der Waals surface area contributed by atoms with Crippen LogP contribution < -0.4 is 0 Å². The third kappa shape index (κ3) is 2.96. The van der Waals surface area contributed by atoms with Gasteiger partial charge in [0.05, 0.1) is 12.7 Å². The molecule has 2 fully saturated rings. The third-order valence-electron chi connectivity index (χ3n) is 3.32. The van der Waals surface area contributed by atoms with Crippen molar-refractivity contribution in [3.8, 4) is 0 Å². The van der Waals surface area contributed by atoms with Gasteiger partial charge in [0, 0.05) is 19.0 Å². The van der Waals surface area contributed by atoms with Gasteiger partial charge in [0.25, 0.3) is 0 Å². The highest BCUT2D eigenvalue weighted by Crippen LogP contribution is 2.38. The van der Waals surface area contributed by atoms with Gasteiger partial charge in [-0.3, -0.25) is 0 Å². The zero-order chi connectivity index (χ0) is 13.5. The Bertz CT molecular complexity index is 552. The summed E-state index contributed by atoms with van der Waals surface area (Å²) >= 11 is 0. The van der Waals surface area contributed by atoms with E-state index in [1.807, 2.05) is 6.92 Å². The first kappa shape index (κ1) is 13.0. The van der Waals surface area contributed by atoms with E-state index in [1.54, 1.807) is 0 Å². The molecule has 1 saturated carbocycles. The molecule has 0 N–H and O–H groups in total. The largest absolute Gasteiger partial charge is 0.376 e. The second-order valence-corrected chi connectivity index (χ2v) is 7.09. The van der Waals surface area contributed by atoms with E-state index < -0.39 is 10.0 Å². The molecule has 1 saturated heterocycles. The summed E-state index contributed by atoms with van der Waals surface area (Å²) < 4.78 is 36.3. The monoisotopic (exact) mass is 287 g/mol. The molecule has 3 rings (SSSR count). The molecule has 1 unspecified atom stereocenters. The Morgan fingerprint density at radius 1 is 1.42 bits per heavy atom. The van der Waals surface area contributed by atoms with Gasteiger partial charge in [-0.1, -0.05) is 5.16 Å². The Labute approximate surface area is 112 Å². The number of ether oxygens (including phenoxy) is 1. The van der Waals surface area contributed by atoms with Crippen LogP contribution in [0.15, 0.2) is 4.52 Å². The maximum atomic E-state index is 12.2. The second kappa shape index (κ2) is 4.84. The Balaban J connectivity index is 1.69. The highest BCUT2D eigenvalue weighted by Gasteiger charge is 2.32. The Morgan fingerprint density at radius 2 is 2.21 bits per heavy atom. The summed E-state index contributed by atoms with van der Waals surface area (Å²) in [5.74, 6) is 0.963. The SMILES string of the molecule is CC1CN(S(=O)(=O)Cc2noc(C3CC3)n2)CCO1. The summed E-state index contributed by atoms with van der Waals surface area (Å²) in [4.78, 5) is 4.16. The highest BCUT2D eigenvalue weighted by atomic mass is 32.2. The first-order valence-corrected chi connectivity index (χ1v) is 8.07. The minimum absolute atomic E-state index is 0.0733. The van der Waals surface area contributed by atoms with Crippen molar-refractivity contribution in [2.75, 3.05) is 19.7 Å². The number of morpholine rings is 1. The topological polar surface area (TPSA) is 85.5 Å². The van der Waals surface area contributed by atoms with Crippen molar-refractivity contribution in [3.63, 3.8) is 0 Å². The molecule has 1 aliphatic carbocycles. The predicted molar refractivity (Wildman–Crippen MR) is 65.9 cm³/mol. The van der Waals surface area contributed by atoms with Crippen molar-refractivity contribution in [3.05, 3.63) is 11.7 Å². The van der Waals surface area contributed by atoms with Crippen molar-refractivity contribution in [2.24, 2.45) is 0 Å². The van der Waals surface area contributed by atoms with Gasteiger partial charge in [-0.25, -0.2) is 8.42 Å². The van der Waals surface area contributed by atoms with Gasteiger partial charge >= 0.3 is 0 Å². The molecule has 2 heterocycles. The number of hydrogen-bond acceptors (Lipinski definition) is 6. The van der Waals surface area contributed by atoms with Crippen molar-refractivity contribution in [1.82, 2.24) is 14.4 Å². The van der Waals surface area contributed by atoms with Crippen LogP contribution in [0.4, 0.5) is 0 Å². The smallest absolute Gasteiger partial charge is 0.229 e. The minimum atomic E-state index is -3.39. The Morgan fingerprint density at radius 3 is 2.89 bits per heavy atom. The van der Waals surface area contributed by atoms with Crippen LogP contribution >= 0.6 is 0 Å². The summed E-state index contributed by atoms with van der Waals surface area (Å²) in [7, 11) is -3.39. The molecule has 0 amide bonds. The predicted octanol–water partition coefficient (Wildman–Crippen LogP) is 0.497. The fourth-order valence-corrected chi connectivity index (χ4v) is 3.53. The van der Waals surface area contributed by atoms with E-state index in [1.165, 1.54) is 4.31 Å². The lowest BCUT2D eigenvalue weighted by Crippen LogP contribution is -2.44. The molecule has 19 heavy (non-hydrogen) atoms. The van der Waals surface area contributed by atoms with Crippen molar-refractivity contribution >= 4 is 10.0 Å². The van der Waals surface area contributed by atoms with E-state index in [2.05, 4.69) is 10.1 Å². The molecular formula is C11H17N3O4S. The molecule has 1 aromatic heterocycles. The fraction of sp³-hybridized carbons (Fsp3) is 0.818. The molecule has 0 bridgehead atoms. The molecule has 0 radical (unpaired) electrons. The number of aromatic nitrogens is 2. The zero-order valence-corrected chi connectivity index (χ0v) is 11.6. The van der Waals surface area contributed by atoms with Crippen LogP contribution in [0, 0.1) is 0 Å². The lowest BCUT2D eigenvalue weighted by atomic mass is 10.3. The van der Waals surface area contributed by atoms with Crippen LogP contribution in [-0.2, 0) is 20.5 Å². The minimum Gasteiger partial charge on any atom is -0.376 e. The van der Waals surface area contributed by atoms with Gasteiger partial charge in [-0.2, -0.15) is 9.29 Å². The maximum absolute atomic E-state index is 12.2. The van der Waals surface area contributed by atoms with Crippen molar-refractivity contribution in [2.45, 2.75) is 37.5 Å². The molecule has 7 nitrogen and oxygen atoms in total. The molecule has 1 aromatic rings. The Kier molecular flexibility index (Phi) is 3.32. The van der Waals surface area contributed by atoms with Crippen LogP contribution in [-0.4, -0.2) is 48.7 Å². The van der Waals surface area contributed by atoms with Gasteiger partial charge in [0.2, 0.25) is 15.9 Å². The molecule has 0 aromatic carbocycles. The van der Waals surface area contributed by atoms with Gasteiger partial charge in [-0.05, 0) is 19.8 Å². The van der Waals surface area contributed by atoms with E-state index in [9.17, 15) is 8.42 Å². The molecule has 2 aliphatic rings. The molecule has 1 aliphatic heterocycles. The lowest BCUT2D eigenvalue weighted by molar-refractivity contribution is 0.0101. The number of hydrogen-bond donors (Lipinski definition) is 0. The van der Waals surface area contributed by atoms with E-state index in [0.717, 1.165) is 12.8 Å². The van der Waals surface area contributed by atoms with Gasteiger partial charge in [-0.15, -0.1) is 0 Å². The van der Waals surface area contributed by atoms with E-state index in [4.69, 9.17) is 9.26 Å². The maximum Gasteiger partial charge on any atom is 0.229 e. The average Bonchev–Trinajstić information content (AvgIpc) is 3.11. The van der Waals surface area contributed by atoms with Gasteiger partial charge in [0.15, 0.2) is 5.82 Å². The van der Waals surface area contributed by atoms with Crippen LogP contribution in [0.25, 0.3) is 0 Å². The van der Waals surface area contributed by atoms with Crippen LogP contribution in [0.1, 0.15) is 37.4 Å². The highest BCUT2D eigenvalue weighted by molar-refractivity contribution is 7.88. The summed E-state index contributed by atoms with van der Waals surface area (Å²) in [6.45, 7) is 3.07. The molecule has 0 spiro atoms. The first-order valence-electron chi connectivity index (χ1n) is 6.46. The van der Waals surface area contributed by atoms with Gasteiger partial charge < -0.3 is 9.26 Å². The molecule has 8 heteroatoms. The normalized spacial score (nSPS) is 25.6. The first-order chi connectivity index (χ1) is 9.04. The van der Waals surface area contributed by atoms with Crippen molar-refractivity contribution < 1.29 is 17.7 Å². The number of nitrogens with zero attached hydrogens (tertiary/aromatic N) is 3. The second-order valence-electron chi connectivity index (χ2n) is 5.12. The molecular weight excluding hydrogens is 270 g/mol. The Hall–Kier alpha value is -0.990. The number of sulfonamides is 1. The summed E-state index contributed by atoms with van der Waals surface area (Å²) in [5.41, 5.74) is 0. The average molecular weight is 287 g/mol. The van der Waals surface area contributed by atoms with E-state index in [-0.39, 0.29) is 17.7 Å². The van der Waals surface area contributed by atoms with E-state index in [0.29, 0.717) is 31.5 Å². The standard InChI is InChI=1S/C11H17N3O4S/c1-8-6-14(4-5-17-8)19(15,16)7-10-12-11(18-13-10)9-2-3-9/h8-9H,2-7H2,1H3. The molecule has 1 atom stereocenters. The third-order valence-corrected chi connectivity index (χ3v) is 5.06. The van der Waals surface area contributed by atoms with Crippen molar-refractivity contribution in [1.29, 1.82) is 0 Å². The van der Waals surface area contributed by atoms with Crippen LogP contribution in [0.3, 0.4) is 0 Å². The quantitative estimate of drug-likeness (QED) is 0.801. The van der Waals surface area contributed by atoms with E-state index >= 15 is 0 Å². The summed E-state index contributed by atoms with van der Waals surface area (Å²) in [6.07, 6.45) is 2.03. The van der Waals surface area contributed by atoms with Crippen LogP contribution in [0.5, 0.6) is 0 Å². The lowest BCUT2D eigenvalue weighted by Gasteiger charge is -2.29. The zero-order valence-electron chi connectivity index (χ0n) is 10.8. The summed E-state index contributed by atoms with van der Waals surface area (Å²) in [6, 6.07) is 0.